The largest absolute Gasteiger partial charge is 0.369 e. The number of hydrogen-bond acceptors (Lipinski definition) is 5. The number of aryl methyl sites for hydroxylation is 2. The van der Waals surface area contributed by atoms with Gasteiger partial charge in [-0.3, -0.25) is 9.48 Å². The van der Waals surface area contributed by atoms with Crippen LogP contribution >= 0.6 is 11.6 Å². The van der Waals surface area contributed by atoms with Crippen molar-refractivity contribution in [1.82, 2.24) is 19.0 Å². The molecule has 0 unspecified atom stereocenters. The number of sulfonamides is 1. The number of aromatic nitrogens is 2. The second-order valence-corrected chi connectivity index (χ2v) is 11.1. The van der Waals surface area contributed by atoms with Crippen molar-refractivity contribution in [3.63, 3.8) is 0 Å². The molecule has 32 heavy (non-hydrogen) atoms. The molecule has 2 fully saturated rings. The molecule has 1 aromatic heterocycles. The van der Waals surface area contributed by atoms with Gasteiger partial charge in [-0.2, -0.15) is 9.40 Å². The SMILES string of the molecule is Cc1ccc(Cl)cc1N1CCN(S(=O)(=O)c2nn(C)cc2C(=O)N2CCC[C@H](C)C2)CC1. The van der Waals surface area contributed by atoms with Crippen LogP contribution in [0.3, 0.4) is 0 Å². The third kappa shape index (κ3) is 4.51. The first kappa shape index (κ1) is 23.1. The van der Waals surface area contributed by atoms with E-state index in [1.54, 1.807) is 11.9 Å². The van der Waals surface area contributed by atoms with Gasteiger partial charge in [0.2, 0.25) is 5.03 Å². The van der Waals surface area contributed by atoms with E-state index in [0.29, 0.717) is 50.2 Å². The Morgan fingerprint density at radius 2 is 1.88 bits per heavy atom. The number of carbonyl (C=O) groups excluding carboxylic acids is 1. The molecule has 8 nitrogen and oxygen atoms in total. The van der Waals surface area contributed by atoms with Crippen LogP contribution in [0.2, 0.25) is 5.02 Å². The first-order valence-corrected chi connectivity index (χ1v) is 12.8. The number of anilines is 1. The molecule has 2 aliphatic rings. The lowest BCUT2D eigenvalue weighted by atomic mass is 10.00. The number of nitrogens with zero attached hydrogens (tertiary/aromatic N) is 5. The van der Waals surface area contributed by atoms with Crippen molar-refractivity contribution in [3.8, 4) is 0 Å². The van der Waals surface area contributed by atoms with Crippen LogP contribution in [-0.2, 0) is 17.1 Å². The van der Waals surface area contributed by atoms with Crippen LogP contribution in [0.1, 0.15) is 35.7 Å². The standard InChI is InChI=1S/C22H30ClN5O3S/c1-16-5-4-8-27(14-16)22(29)19-15-25(3)24-21(19)32(30,31)28-11-9-26(10-12-28)20-13-18(23)7-6-17(20)2/h6-7,13,15-16H,4-5,8-12,14H2,1-3H3/t16-/m0/s1. The fraction of sp³-hybridized carbons (Fsp3) is 0.545. The molecule has 0 saturated carbocycles. The number of carbonyl (C=O) groups is 1. The molecule has 2 aliphatic heterocycles. The molecule has 0 bridgehead atoms. The summed E-state index contributed by atoms with van der Waals surface area (Å²) >= 11 is 6.16. The maximum Gasteiger partial charge on any atom is 0.263 e. The molecule has 3 heterocycles. The van der Waals surface area contributed by atoms with E-state index in [1.165, 1.54) is 15.2 Å². The number of likely N-dealkylation sites (tertiary alicyclic amines) is 1. The maximum atomic E-state index is 13.5. The first-order chi connectivity index (χ1) is 15.2. The molecular formula is C22H30ClN5O3S. The monoisotopic (exact) mass is 479 g/mol. The van der Waals surface area contributed by atoms with Crippen LogP contribution < -0.4 is 4.90 Å². The van der Waals surface area contributed by atoms with Gasteiger partial charge in [0, 0.05) is 63.2 Å². The van der Waals surface area contributed by atoms with E-state index >= 15 is 0 Å². The van der Waals surface area contributed by atoms with Crippen molar-refractivity contribution in [2.45, 2.75) is 31.7 Å². The van der Waals surface area contributed by atoms with E-state index in [1.807, 2.05) is 25.1 Å². The Labute approximate surface area is 194 Å². The molecule has 1 amide bonds. The zero-order valence-electron chi connectivity index (χ0n) is 18.8. The Kier molecular flexibility index (Phi) is 6.51. The lowest BCUT2D eigenvalue weighted by Gasteiger charge is -2.36. The van der Waals surface area contributed by atoms with E-state index in [9.17, 15) is 13.2 Å². The van der Waals surface area contributed by atoms with Crippen LogP contribution in [0.5, 0.6) is 0 Å². The van der Waals surface area contributed by atoms with Gasteiger partial charge in [-0.25, -0.2) is 8.42 Å². The Balaban J connectivity index is 1.53. The highest BCUT2D eigenvalue weighted by atomic mass is 35.5. The summed E-state index contributed by atoms with van der Waals surface area (Å²) in [5, 5.41) is 4.72. The van der Waals surface area contributed by atoms with Gasteiger partial charge in [-0.05, 0) is 43.4 Å². The molecule has 0 aliphatic carbocycles. The molecule has 4 rings (SSSR count). The molecule has 2 aromatic rings. The Morgan fingerprint density at radius 1 is 1.16 bits per heavy atom. The van der Waals surface area contributed by atoms with Crippen molar-refractivity contribution < 1.29 is 13.2 Å². The number of piperidine rings is 1. The number of rotatable bonds is 4. The average Bonchev–Trinajstić information content (AvgIpc) is 3.17. The number of halogens is 1. The lowest BCUT2D eigenvalue weighted by molar-refractivity contribution is 0.0679. The van der Waals surface area contributed by atoms with Gasteiger partial charge < -0.3 is 9.80 Å². The third-order valence-electron chi connectivity index (χ3n) is 6.30. The van der Waals surface area contributed by atoms with E-state index in [-0.39, 0.29) is 16.5 Å². The Hall–Kier alpha value is -2.10. The van der Waals surface area contributed by atoms with Gasteiger partial charge in [-0.1, -0.05) is 24.6 Å². The molecular weight excluding hydrogens is 450 g/mol. The number of hydrogen-bond donors (Lipinski definition) is 0. The molecule has 174 valence electrons. The second-order valence-electron chi connectivity index (χ2n) is 8.84. The summed E-state index contributed by atoms with van der Waals surface area (Å²) < 4.78 is 29.8. The normalized spacial score (nSPS) is 20.6. The van der Waals surface area contributed by atoms with Crippen LogP contribution in [0, 0.1) is 12.8 Å². The summed E-state index contributed by atoms with van der Waals surface area (Å²) in [5.41, 5.74) is 2.27. The number of benzene rings is 1. The van der Waals surface area contributed by atoms with Crippen LogP contribution in [0.15, 0.2) is 29.4 Å². The second kappa shape index (κ2) is 9.03. The molecule has 0 spiro atoms. The van der Waals surface area contributed by atoms with E-state index in [2.05, 4.69) is 16.9 Å². The molecule has 10 heteroatoms. The van der Waals surface area contributed by atoms with E-state index < -0.39 is 10.0 Å². The summed E-state index contributed by atoms with van der Waals surface area (Å²) in [6, 6.07) is 5.73. The van der Waals surface area contributed by atoms with Crippen molar-refractivity contribution >= 4 is 33.2 Å². The summed E-state index contributed by atoms with van der Waals surface area (Å²) in [6.45, 7) is 7.14. The van der Waals surface area contributed by atoms with Gasteiger partial charge in [0.25, 0.3) is 15.9 Å². The minimum Gasteiger partial charge on any atom is -0.369 e. The van der Waals surface area contributed by atoms with Gasteiger partial charge in [-0.15, -0.1) is 0 Å². The molecule has 0 radical (unpaired) electrons. The van der Waals surface area contributed by atoms with Crippen LogP contribution in [-0.4, -0.2) is 72.6 Å². The van der Waals surface area contributed by atoms with Crippen molar-refractivity contribution in [2.24, 2.45) is 13.0 Å². The fourth-order valence-corrected chi connectivity index (χ4v) is 6.27. The van der Waals surface area contributed by atoms with Crippen LogP contribution in [0.25, 0.3) is 0 Å². The molecule has 0 N–H and O–H groups in total. The van der Waals surface area contributed by atoms with Gasteiger partial charge >= 0.3 is 0 Å². The quantitative estimate of drug-likeness (QED) is 0.673. The fourth-order valence-electron chi connectivity index (χ4n) is 4.56. The van der Waals surface area contributed by atoms with Crippen molar-refractivity contribution in [3.05, 3.63) is 40.5 Å². The Morgan fingerprint density at radius 3 is 2.56 bits per heavy atom. The zero-order chi connectivity index (χ0) is 23.0. The molecule has 1 atom stereocenters. The third-order valence-corrected chi connectivity index (χ3v) is 8.37. The topological polar surface area (TPSA) is 78.8 Å². The summed E-state index contributed by atoms with van der Waals surface area (Å²) in [7, 11) is -2.24. The van der Waals surface area contributed by atoms with Gasteiger partial charge in [0.05, 0.1) is 5.56 Å². The van der Waals surface area contributed by atoms with Gasteiger partial charge in [0.1, 0.15) is 0 Å². The average molecular weight is 480 g/mol. The minimum atomic E-state index is -3.89. The Bertz CT molecular complexity index is 1110. The highest BCUT2D eigenvalue weighted by Crippen LogP contribution is 2.28. The highest BCUT2D eigenvalue weighted by molar-refractivity contribution is 7.89. The van der Waals surface area contributed by atoms with Crippen molar-refractivity contribution in [2.75, 3.05) is 44.2 Å². The lowest BCUT2D eigenvalue weighted by Crippen LogP contribution is -2.49. The van der Waals surface area contributed by atoms with E-state index in [4.69, 9.17) is 11.6 Å². The molecule has 2 saturated heterocycles. The summed E-state index contributed by atoms with van der Waals surface area (Å²) in [4.78, 5) is 17.1. The molecule has 1 aromatic carbocycles. The van der Waals surface area contributed by atoms with Crippen LogP contribution in [0.4, 0.5) is 5.69 Å². The smallest absolute Gasteiger partial charge is 0.263 e. The summed E-state index contributed by atoms with van der Waals surface area (Å²) in [6.07, 6.45) is 3.54. The van der Waals surface area contributed by atoms with Crippen molar-refractivity contribution in [1.29, 1.82) is 0 Å². The van der Waals surface area contributed by atoms with Gasteiger partial charge in [0.15, 0.2) is 0 Å². The highest BCUT2D eigenvalue weighted by Gasteiger charge is 2.36. The summed E-state index contributed by atoms with van der Waals surface area (Å²) in [5.74, 6) is 0.156. The number of piperazine rings is 1. The predicted octanol–water partition coefficient (Wildman–Crippen LogP) is 2.76. The minimum absolute atomic E-state index is 0.143. The first-order valence-electron chi connectivity index (χ1n) is 11.0. The predicted molar refractivity (Wildman–Crippen MR) is 125 cm³/mol. The maximum absolute atomic E-state index is 13.5. The zero-order valence-corrected chi connectivity index (χ0v) is 20.4. The van der Waals surface area contributed by atoms with E-state index in [0.717, 1.165) is 24.1 Å². The number of amides is 1.